The lowest BCUT2D eigenvalue weighted by Gasteiger charge is -2.11. The van der Waals surface area contributed by atoms with E-state index in [4.69, 9.17) is 11.1 Å². The molecule has 0 saturated heterocycles. The van der Waals surface area contributed by atoms with Crippen LogP contribution >= 0.6 is 11.1 Å². The van der Waals surface area contributed by atoms with Crippen molar-refractivity contribution in [3.63, 3.8) is 0 Å². The van der Waals surface area contributed by atoms with Gasteiger partial charge in [-0.25, -0.2) is 0 Å². The molecular formula is C6H17ClN2Si. The third kappa shape index (κ3) is 6.55. The fourth-order valence-corrected chi connectivity index (χ4v) is 1.65. The Morgan fingerprint density at radius 2 is 2.10 bits per heavy atom. The van der Waals surface area contributed by atoms with Gasteiger partial charge >= 0.3 is 0 Å². The molecule has 0 radical (unpaired) electrons. The van der Waals surface area contributed by atoms with Gasteiger partial charge in [-0.1, -0.05) is 6.92 Å². The fourth-order valence-electron chi connectivity index (χ4n) is 0.589. The topological polar surface area (TPSA) is 15.3 Å². The number of halogens is 1. The number of hydrogen-bond donors (Lipinski definition) is 1. The molecule has 0 fully saturated rings. The van der Waals surface area contributed by atoms with Gasteiger partial charge in [0.15, 0.2) is 0 Å². The van der Waals surface area contributed by atoms with Crippen molar-refractivity contribution >= 4 is 19.3 Å². The van der Waals surface area contributed by atoms with Crippen LogP contribution in [0.15, 0.2) is 0 Å². The van der Waals surface area contributed by atoms with Crippen LogP contribution in [0.4, 0.5) is 0 Å². The average molecular weight is 181 g/mol. The van der Waals surface area contributed by atoms with E-state index in [-0.39, 0.29) is 0 Å². The van der Waals surface area contributed by atoms with Gasteiger partial charge in [-0.2, -0.15) is 11.1 Å². The SMILES string of the molecule is CC[SiH](Cl)NCCN(C)C. The van der Waals surface area contributed by atoms with E-state index in [2.05, 4.69) is 30.9 Å². The maximum Gasteiger partial charge on any atom is 0.210 e. The van der Waals surface area contributed by atoms with Crippen molar-refractivity contribution in [3.8, 4) is 0 Å². The van der Waals surface area contributed by atoms with E-state index in [1.807, 2.05) is 0 Å². The molecule has 0 aliphatic carbocycles. The second-order valence-electron chi connectivity index (χ2n) is 2.63. The van der Waals surface area contributed by atoms with Gasteiger partial charge in [0.25, 0.3) is 0 Å². The molecule has 0 heterocycles. The maximum atomic E-state index is 5.96. The summed E-state index contributed by atoms with van der Waals surface area (Å²) < 4.78 is 0. The largest absolute Gasteiger partial charge is 0.326 e. The van der Waals surface area contributed by atoms with Crippen molar-refractivity contribution in [2.75, 3.05) is 27.2 Å². The standard InChI is InChI=1S/C6H17ClN2Si/c1-4-10(7)8-5-6-9(2)3/h8,10H,4-6H2,1-3H3. The van der Waals surface area contributed by atoms with Crippen LogP contribution in [0.3, 0.4) is 0 Å². The lowest BCUT2D eigenvalue weighted by molar-refractivity contribution is 0.414. The summed E-state index contributed by atoms with van der Waals surface area (Å²) in [5.41, 5.74) is 0. The fraction of sp³-hybridized carbons (Fsp3) is 1.00. The highest BCUT2D eigenvalue weighted by molar-refractivity contribution is 7.05. The zero-order valence-corrected chi connectivity index (χ0v) is 8.93. The first-order valence-electron chi connectivity index (χ1n) is 3.69. The molecule has 1 unspecified atom stereocenters. The Bertz CT molecular complexity index is 80.1. The Hall–Kier alpha value is 0.427. The van der Waals surface area contributed by atoms with Crippen LogP contribution in [0.2, 0.25) is 6.04 Å². The van der Waals surface area contributed by atoms with E-state index in [0.717, 1.165) is 19.1 Å². The number of rotatable bonds is 5. The lowest BCUT2D eigenvalue weighted by atomic mass is 10.6. The molecule has 0 amide bonds. The van der Waals surface area contributed by atoms with Crippen molar-refractivity contribution in [2.45, 2.75) is 13.0 Å². The number of likely N-dealkylation sites (N-methyl/N-ethyl adjacent to an activating group) is 1. The summed E-state index contributed by atoms with van der Waals surface area (Å²) in [5, 5.41) is 0. The second kappa shape index (κ2) is 6.16. The molecule has 0 rings (SSSR count). The predicted octanol–water partition coefficient (Wildman–Crippen LogP) is 0.617. The van der Waals surface area contributed by atoms with Gasteiger partial charge in [0.05, 0.1) is 0 Å². The predicted molar refractivity (Wildman–Crippen MR) is 50.0 cm³/mol. The molecule has 2 nitrogen and oxygen atoms in total. The zero-order valence-electron chi connectivity index (χ0n) is 7.02. The Balaban J connectivity index is 3.03. The monoisotopic (exact) mass is 180 g/mol. The van der Waals surface area contributed by atoms with Crippen molar-refractivity contribution in [1.82, 2.24) is 9.88 Å². The normalized spacial score (nSPS) is 14.1. The Labute approximate surface area is 69.9 Å². The third-order valence-corrected chi connectivity index (χ3v) is 4.12. The minimum atomic E-state index is -1.04. The molecule has 0 aromatic carbocycles. The first-order chi connectivity index (χ1) is 4.66. The molecule has 0 spiro atoms. The lowest BCUT2D eigenvalue weighted by Crippen LogP contribution is -2.34. The molecule has 0 aromatic heterocycles. The summed E-state index contributed by atoms with van der Waals surface area (Å²) in [7, 11) is 3.09. The van der Waals surface area contributed by atoms with Crippen LogP contribution in [0.5, 0.6) is 0 Å². The third-order valence-electron chi connectivity index (χ3n) is 1.28. The van der Waals surface area contributed by atoms with Gasteiger partial charge in [0.2, 0.25) is 8.27 Å². The average Bonchev–Trinajstić information content (AvgIpc) is 1.87. The summed E-state index contributed by atoms with van der Waals surface area (Å²) >= 11 is 5.96. The van der Waals surface area contributed by atoms with E-state index in [0.29, 0.717) is 0 Å². The molecule has 62 valence electrons. The van der Waals surface area contributed by atoms with Crippen LogP contribution in [-0.4, -0.2) is 40.4 Å². The summed E-state index contributed by atoms with van der Waals surface area (Å²) in [6, 6.07) is 1.12. The van der Waals surface area contributed by atoms with Crippen molar-refractivity contribution < 1.29 is 0 Å². The van der Waals surface area contributed by atoms with Crippen LogP contribution in [0, 0.1) is 0 Å². The number of nitrogens with one attached hydrogen (secondary N) is 1. The summed E-state index contributed by atoms with van der Waals surface area (Å²) in [6.45, 7) is 4.24. The molecule has 1 N–H and O–H groups in total. The van der Waals surface area contributed by atoms with E-state index in [1.165, 1.54) is 0 Å². The Morgan fingerprint density at radius 1 is 1.50 bits per heavy atom. The minimum Gasteiger partial charge on any atom is -0.326 e. The molecule has 0 aliphatic heterocycles. The van der Waals surface area contributed by atoms with Crippen molar-refractivity contribution in [2.24, 2.45) is 0 Å². The highest BCUT2D eigenvalue weighted by Crippen LogP contribution is 1.90. The van der Waals surface area contributed by atoms with Gasteiger partial charge in [0.1, 0.15) is 0 Å². The van der Waals surface area contributed by atoms with E-state index in [9.17, 15) is 0 Å². The van der Waals surface area contributed by atoms with Crippen LogP contribution in [0.1, 0.15) is 6.92 Å². The molecule has 0 aliphatic rings. The van der Waals surface area contributed by atoms with Crippen molar-refractivity contribution in [3.05, 3.63) is 0 Å². The molecule has 4 heteroatoms. The zero-order chi connectivity index (χ0) is 7.98. The smallest absolute Gasteiger partial charge is 0.210 e. The van der Waals surface area contributed by atoms with E-state index in [1.54, 1.807) is 0 Å². The molecule has 0 saturated carbocycles. The Kier molecular flexibility index (Phi) is 6.42. The summed E-state index contributed by atoms with van der Waals surface area (Å²) in [6.07, 6.45) is 0. The summed E-state index contributed by atoms with van der Waals surface area (Å²) in [5.74, 6) is 0. The van der Waals surface area contributed by atoms with Crippen LogP contribution in [-0.2, 0) is 0 Å². The van der Waals surface area contributed by atoms with Crippen molar-refractivity contribution in [1.29, 1.82) is 0 Å². The highest BCUT2D eigenvalue weighted by atomic mass is 35.6. The van der Waals surface area contributed by atoms with Gasteiger partial charge in [-0.05, 0) is 20.1 Å². The number of nitrogens with zero attached hydrogens (tertiary/aromatic N) is 1. The van der Waals surface area contributed by atoms with E-state index < -0.39 is 8.27 Å². The first kappa shape index (κ1) is 10.4. The number of hydrogen-bond acceptors (Lipinski definition) is 2. The maximum absolute atomic E-state index is 5.96. The Morgan fingerprint density at radius 3 is 2.50 bits per heavy atom. The minimum absolute atomic E-state index is 1.03. The second-order valence-corrected chi connectivity index (χ2v) is 6.37. The first-order valence-corrected chi connectivity index (χ1v) is 6.83. The molecule has 1 atom stereocenters. The van der Waals surface area contributed by atoms with Crippen LogP contribution < -0.4 is 4.98 Å². The quantitative estimate of drug-likeness (QED) is 0.493. The van der Waals surface area contributed by atoms with Gasteiger partial charge in [-0.3, -0.25) is 0 Å². The molecule has 0 bridgehead atoms. The van der Waals surface area contributed by atoms with Gasteiger partial charge < -0.3 is 9.88 Å². The molecule has 10 heavy (non-hydrogen) atoms. The van der Waals surface area contributed by atoms with Crippen LogP contribution in [0.25, 0.3) is 0 Å². The highest BCUT2D eigenvalue weighted by Gasteiger charge is 2.00. The van der Waals surface area contributed by atoms with E-state index >= 15 is 0 Å². The van der Waals surface area contributed by atoms with Gasteiger partial charge in [-0.15, -0.1) is 0 Å². The molecule has 0 aromatic rings. The summed E-state index contributed by atoms with van der Waals surface area (Å²) in [4.78, 5) is 5.48. The molecular weight excluding hydrogens is 164 g/mol. The van der Waals surface area contributed by atoms with Gasteiger partial charge in [0, 0.05) is 13.1 Å².